The minimum Gasteiger partial charge on any atom is -0.352 e. The van der Waals surface area contributed by atoms with Gasteiger partial charge in [-0.15, -0.1) is 0 Å². The van der Waals surface area contributed by atoms with Crippen LogP contribution in [0.2, 0.25) is 0 Å². The molecule has 1 aromatic carbocycles. The highest BCUT2D eigenvalue weighted by Gasteiger charge is 2.39. The van der Waals surface area contributed by atoms with Crippen molar-refractivity contribution in [1.29, 1.82) is 0 Å². The number of benzene rings is 1. The lowest BCUT2D eigenvalue weighted by molar-refractivity contribution is -0.136. The molecular weight excluding hydrogens is 379 g/mol. The fourth-order valence-electron chi connectivity index (χ4n) is 3.80. The molecule has 4 rings (SSSR count). The van der Waals surface area contributed by atoms with Gasteiger partial charge in [0.2, 0.25) is 11.8 Å². The molecule has 2 aliphatic heterocycles. The fourth-order valence-corrected chi connectivity index (χ4v) is 3.80. The van der Waals surface area contributed by atoms with Gasteiger partial charge < -0.3 is 15.2 Å². The van der Waals surface area contributed by atoms with Crippen molar-refractivity contribution in [2.45, 2.75) is 39.3 Å². The molecule has 9 heteroatoms. The molecular formula is C20H19FN4O4. The van der Waals surface area contributed by atoms with Gasteiger partial charge in [-0.2, -0.15) is 0 Å². The average molecular weight is 398 g/mol. The minimum absolute atomic E-state index is 0.141. The Morgan fingerprint density at radius 1 is 1.24 bits per heavy atom. The van der Waals surface area contributed by atoms with Crippen LogP contribution in [0.25, 0.3) is 0 Å². The Kier molecular flexibility index (Phi) is 4.45. The predicted octanol–water partition coefficient (Wildman–Crippen LogP) is 1.78. The van der Waals surface area contributed by atoms with Gasteiger partial charge in [-0.25, -0.2) is 4.39 Å². The van der Waals surface area contributed by atoms with Crippen molar-refractivity contribution in [3.05, 3.63) is 52.1 Å². The number of nitrogens with zero attached hydrogens (tertiary/aromatic N) is 1. The quantitative estimate of drug-likeness (QED) is 0.685. The number of aromatic nitrogens is 1. The molecule has 1 fully saturated rings. The Morgan fingerprint density at radius 3 is 2.66 bits per heavy atom. The number of piperidine rings is 1. The molecule has 4 amide bonds. The molecule has 3 heterocycles. The lowest BCUT2D eigenvalue weighted by Crippen LogP contribution is -2.52. The number of aryl methyl sites for hydroxylation is 1. The second-order valence-corrected chi connectivity index (χ2v) is 7.29. The van der Waals surface area contributed by atoms with Crippen molar-refractivity contribution in [3.8, 4) is 0 Å². The topological polar surface area (TPSA) is 111 Å². The van der Waals surface area contributed by atoms with Crippen LogP contribution < -0.4 is 10.6 Å². The standard InChI is InChI=1S/C20H19FN4O4/c1-9-16(21)10(2)22-17(9)19(28)23-12-3-4-13-11(7-12)8-25(20(13)29)14-5-6-15(26)24-18(14)27/h3-4,7,14,22H,5-6,8H2,1-2H3,(H,23,28)(H,24,26,27). The first-order valence-electron chi connectivity index (χ1n) is 9.20. The lowest BCUT2D eigenvalue weighted by Gasteiger charge is -2.29. The predicted molar refractivity (Wildman–Crippen MR) is 101 cm³/mol. The summed E-state index contributed by atoms with van der Waals surface area (Å²) in [6.07, 6.45) is 0.467. The molecule has 8 nitrogen and oxygen atoms in total. The van der Waals surface area contributed by atoms with E-state index < -0.39 is 23.7 Å². The van der Waals surface area contributed by atoms with E-state index in [1.54, 1.807) is 25.1 Å². The van der Waals surface area contributed by atoms with Gasteiger partial charge >= 0.3 is 0 Å². The molecule has 150 valence electrons. The summed E-state index contributed by atoms with van der Waals surface area (Å²) in [4.78, 5) is 52.8. The minimum atomic E-state index is -0.696. The number of hydrogen-bond donors (Lipinski definition) is 3. The number of rotatable bonds is 3. The van der Waals surface area contributed by atoms with Crippen molar-refractivity contribution in [2.75, 3.05) is 5.32 Å². The van der Waals surface area contributed by atoms with Gasteiger partial charge in [0, 0.05) is 35.5 Å². The van der Waals surface area contributed by atoms with Crippen molar-refractivity contribution in [1.82, 2.24) is 15.2 Å². The van der Waals surface area contributed by atoms with Crippen LogP contribution in [-0.4, -0.2) is 39.6 Å². The highest BCUT2D eigenvalue weighted by atomic mass is 19.1. The molecule has 2 aliphatic rings. The summed E-state index contributed by atoms with van der Waals surface area (Å²) in [6, 6.07) is 4.15. The highest BCUT2D eigenvalue weighted by Crippen LogP contribution is 2.29. The van der Waals surface area contributed by atoms with E-state index in [4.69, 9.17) is 0 Å². The number of anilines is 1. The van der Waals surface area contributed by atoms with E-state index in [0.29, 0.717) is 16.8 Å². The van der Waals surface area contributed by atoms with Gasteiger partial charge in [0.15, 0.2) is 0 Å². The maximum Gasteiger partial charge on any atom is 0.272 e. The first-order valence-corrected chi connectivity index (χ1v) is 9.20. The molecule has 0 aliphatic carbocycles. The van der Waals surface area contributed by atoms with Crippen LogP contribution in [0.4, 0.5) is 10.1 Å². The van der Waals surface area contributed by atoms with Crippen LogP contribution in [0.1, 0.15) is 50.5 Å². The van der Waals surface area contributed by atoms with Crippen molar-refractivity contribution in [3.63, 3.8) is 0 Å². The number of imide groups is 1. The van der Waals surface area contributed by atoms with Gasteiger partial charge in [0.05, 0.1) is 0 Å². The third-order valence-corrected chi connectivity index (χ3v) is 5.35. The summed E-state index contributed by atoms with van der Waals surface area (Å²) in [6.45, 7) is 3.27. The summed E-state index contributed by atoms with van der Waals surface area (Å²) in [5.74, 6) is -2.04. The molecule has 0 radical (unpaired) electrons. The summed E-state index contributed by atoms with van der Waals surface area (Å²) < 4.78 is 13.8. The first-order chi connectivity index (χ1) is 13.8. The summed E-state index contributed by atoms with van der Waals surface area (Å²) in [7, 11) is 0. The number of H-pyrrole nitrogens is 1. The van der Waals surface area contributed by atoms with Gasteiger partial charge in [0.1, 0.15) is 17.6 Å². The maximum atomic E-state index is 13.8. The van der Waals surface area contributed by atoms with E-state index in [1.807, 2.05) is 0 Å². The molecule has 0 saturated carbocycles. The van der Waals surface area contributed by atoms with E-state index in [-0.39, 0.29) is 48.2 Å². The number of amides is 4. The smallest absolute Gasteiger partial charge is 0.272 e. The number of nitrogens with one attached hydrogen (secondary N) is 3. The van der Waals surface area contributed by atoms with Crippen molar-refractivity contribution in [2.24, 2.45) is 0 Å². The zero-order valence-electron chi connectivity index (χ0n) is 15.9. The van der Waals surface area contributed by atoms with Gasteiger partial charge in [-0.1, -0.05) is 0 Å². The SMILES string of the molecule is Cc1[nH]c(C(=O)Nc2ccc3c(c2)CN(C2CCC(=O)NC2=O)C3=O)c(C)c1F. The second kappa shape index (κ2) is 6.84. The molecule has 1 aromatic heterocycles. The molecule has 1 saturated heterocycles. The van der Waals surface area contributed by atoms with Gasteiger partial charge in [0.25, 0.3) is 11.8 Å². The monoisotopic (exact) mass is 398 g/mol. The molecule has 1 atom stereocenters. The Hall–Kier alpha value is -3.49. The Morgan fingerprint density at radius 2 is 2.00 bits per heavy atom. The third-order valence-electron chi connectivity index (χ3n) is 5.35. The maximum absolute atomic E-state index is 13.8. The van der Waals surface area contributed by atoms with Crippen LogP contribution in [0, 0.1) is 19.7 Å². The molecule has 0 bridgehead atoms. The average Bonchev–Trinajstić information content (AvgIpc) is 3.13. The van der Waals surface area contributed by atoms with Crippen LogP contribution in [-0.2, 0) is 16.1 Å². The zero-order chi connectivity index (χ0) is 20.9. The van der Waals surface area contributed by atoms with Gasteiger partial charge in [-0.05, 0) is 44.0 Å². The van der Waals surface area contributed by atoms with Crippen LogP contribution in [0.15, 0.2) is 18.2 Å². The Bertz CT molecular complexity index is 1070. The summed E-state index contributed by atoms with van der Waals surface area (Å²) in [5.41, 5.74) is 2.24. The fraction of sp³-hybridized carbons (Fsp3) is 0.300. The van der Waals surface area contributed by atoms with E-state index in [2.05, 4.69) is 15.6 Å². The lowest BCUT2D eigenvalue weighted by atomic mass is 10.0. The van der Waals surface area contributed by atoms with Gasteiger partial charge in [-0.3, -0.25) is 24.5 Å². The van der Waals surface area contributed by atoms with Crippen molar-refractivity contribution < 1.29 is 23.6 Å². The number of carbonyl (C=O) groups is 4. The molecule has 0 spiro atoms. The Balaban J connectivity index is 1.53. The molecule has 29 heavy (non-hydrogen) atoms. The van der Waals surface area contributed by atoms with Crippen molar-refractivity contribution >= 4 is 29.3 Å². The second-order valence-electron chi connectivity index (χ2n) is 7.29. The summed E-state index contributed by atoms with van der Waals surface area (Å²) >= 11 is 0. The number of fused-ring (bicyclic) bond motifs is 1. The van der Waals surface area contributed by atoms with E-state index in [0.717, 1.165) is 0 Å². The van der Waals surface area contributed by atoms with E-state index in [9.17, 15) is 23.6 Å². The molecule has 3 N–H and O–H groups in total. The highest BCUT2D eigenvalue weighted by molar-refractivity contribution is 6.07. The Labute approximate surface area is 165 Å². The van der Waals surface area contributed by atoms with Crippen LogP contribution in [0.3, 0.4) is 0 Å². The number of carbonyl (C=O) groups excluding carboxylic acids is 4. The normalized spacial score (nSPS) is 18.7. The first kappa shape index (κ1) is 18.9. The van der Waals surface area contributed by atoms with E-state index in [1.165, 1.54) is 11.8 Å². The summed E-state index contributed by atoms with van der Waals surface area (Å²) in [5, 5.41) is 4.96. The third kappa shape index (κ3) is 3.18. The van der Waals surface area contributed by atoms with Crippen LogP contribution in [0.5, 0.6) is 0 Å². The number of aromatic amines is 1. The largest absolute Gasteiger partial charge is 0.352 e. The van der Waals surface area contributed by atoms with E-state index >= 15 is 0 Å². The van der Waals surface area contributed by atoms with Crippen LogP contribution >= 0.6 is 0 Å². The molecule has 1 unspecified atom stereocenters. The number of hydrogen-bond acceptors (Lipinski definition) is 4. The zero-order valence-corrected chi connectivity index (χ0v) is 15.9. The molecule has 2 aromatic rings. The number of halogens is 1.